The van der Waals surface area contributed by atoms with Crippen LogP contribution in [0.1, 0.15) is 27.3 Å². The first kappa shape index (κ1) is 20.6. The minimum Gasteiger partial charge on any atom is -0.380 e. The number of rotatable bonds is 6. The van der Waals surface area contributed by atoms with E-state index in [1.54, 1.807) is 30.3 Å². The largest absolute Gasteiger partial charge is 0.432 e. The molecule has 0 unspecified atom stereocenters. The van der Waals surface area contributed by atoms with E-state index < -0.39 is 29.5 Å². The zero-order chi connectivity index (χ0) is 21.0. The van der Waals surface area contributed by atoms with Crippen molar-refractivity contribution in [3.05, 3.63) is 92.6 Å². The molecule has 1 N–H and O–H groups in total. The fourth-order valence-electron chi connectivity index (χ4n) is 2.88. The summed E-state index contributed by atoms with van der Waals surface area (Å²) in [5.41, 5.74) is -2.14. The molecule has 2 aromatic heterocycles. The van der Waals surface area contributed by atoms with Crippen LogP contribution in [0.25, 0.3) is 0 Å². The molecule has 0 aliphatic heterocycles. The molecule has 2 heterocycles. The second kappa shape index (κ2) is 8.48. The van der Waals surface area contributed by atoms with E-state index in [0.717, 1.165) is 11.6 Å². The normalized spacial score (nSPS) is 11.3. The molecule has 29 heavy (non-hydrogen) atoms. The summed E-state index contributed by atoms with van der Waals surface area (Å²) in [5, 5.41) is 2.84. The van der Waals surface area contributed by atoms with Crippen molar-refractivity contribution in [1.82, 2.24) is 9.55 Å². The van der Waals surface area contributed by atoms with Crippen LogP contribution in [0.5, 0.6) is 0 Å². The van der Waals surface area contributed by atoms with Gasteiger partial charge in [-0.15, -0.1) is 0 Å². The Bertz CT molecular complexity index is 1080. The molecule has 0 atom stereocenters. The van der Waals surface area contributed by atoms with Gasteiger partial charge in [-0.25, -0.2) is 4.98 Å². The van der Waals surface area contributed by atoms with Gasteiger partial charge in [-0.2, -0.15) is 13.2 Å². The monoisotopic (exact) mass is 421 g/mol. The summed E-state index contributed by atoms with van der Waals surface area (Å²) in [4.78, 5) is 28.0. The van der Waals surface area contributed by atoms with Crippen LogP contribution in [0.15, 0.2) is 59.4 Å². The quantitative estimate of drug-likeness (QED) is 0.473. The molecule has 3 rings (SSSR count). The van der Waals surface area contributed by atoms with Crippen LogP contribution in [-0.4, -0.2) is 15.8 Å². The molecule has 5 nitrogen and oxygen atoms in total. The van der Waals surface area contributed by atoms with E-state index in [0.29, 0.717) is 4.57 Å². The van der Waals surface area contributed by atoms with Gasteiger partial charge in [-0.3, -0.25) is 14.2 Å². The summed E-state index contributed by atoms with van der Waals surface area (Å²) in [6.45, 7) is -0.327. The minimum atomic E-state index is -4.93. The number of hydrogen-bond acceptors (Lipinski definition) is 4. The zero-order valence-corrected chi connectivity index (χ0v) is 15.7. The molecule has 0 radical (unpaired) electrons. The Labute approximate surface area is 168 Å². The van der Waals surface area contributed by atoms with Gasteiger partial charge in [-0.05, 0) is 17.7 Å². The molecule has 0 amide bonds. The van der Waals surface area contributed by atoms with E-state index in [9.17, 15) is 22.8 Å². The van der Waals surface area contributed by atoms with E-state index in [1.165, 1.54) is 18.2 Å². The molecule has 0 aliphatic rings. The summed E-state index contributed by atoms with van der Waals surface area (Å²) < 4.78 is 41.9. The van der Waals surface area contributed by atoms with Crippen molar-refractivity contribution in [3.8, 4) is 0 Å². The Kier molecular flexibility index (Phi) is 6.03. The summed E-state index contributed by atoms with van der Waals surface area (Å²) in [5.74, 6) is 0. The highest BCUT2D eigenvalue weighted by Gasteiger charge is 2.38. The number of alkyl halides is 3. The molecule has 150 valence electrons. The van der Waals surface area contributed by atoms with E-state index in [4.69, 9.17) is 11.6 Å². The lowest BCUT2D eigenvalue weighted by Gasteiger charge is -2.20. The summed E-state index contributed by atoms with van der Waals surface area (Å²) in [6.07, 6.45) is -4.84. The average molecular weight is 422 g/mol. The number of hydrogen-bond donors (Lipinski definition) is 1. The Balaban J connectivity index is 2.07. The van der Waals surface area contributed by atoms with Gasteiger partial charge >= 0.3 is 6.18 Å². The van der Waals surface area contributed by atoms with Crippen molar-refractivity contribution >= 4 is 23.6 Å². The van der Waals surface area contributed by atoms with Gasteiger partial charge in [-0.1, -0.05) is 48.0 Å². The maximum atomic E-state index is 13.8. The predicted molar refractivity (Wildman–Crippen MR) is 103 cm³/mol. The number of pyridine rings is 2. The number of halogens is 4. The third kappa shape index (κ3) is 4.83. The molecule has 0 saturated heterocycles. The number of benzene rings is 1. The zero-order valence-electron chi connectivity index (χ0n) is 14.9. The van der Waals surface area contributed by atoms with Crippen molar-refractivity contribution in [3.63, 3.8) is 0 Å². The summed E-state index contributed by atoms with van der Waals surface area (Å²) >= 11 is 5.78. The lowest BCUT2D eigenvalue weighted by molar-refractivity contribution is -0.144. The van der Waals surface area contributed by atoms with E-state index in [2.05, 4.69) is 10.3 Å². The lowest BCUT2D eigenvalue weighted by Crippen LogP contribution is -2.31. The van der Waals surface area contributed by atoms with Crippen LogP contribution >= 0.6 is 11.6 Å². The van der Waals surface area contributed by atoms with Crippen molar-refractivity contribution in [2.75, 3.05) is 5.32 Å². The summed E-state index contributed by atoms with van der Waals surface area (Å²) in [6, 6.07) is 14.3. The smallest absolute Gasteiger partial charge is 0.380 e. The van der Waals surface area contributed by atoms with Gasteiger partial charge in [0, 0.05) is 12.6 Å². The van der Waals surface area contributed by atoms with Crippen LogP contribution in [0.4, 0.5) is 18.9 Å². The third-order valence-electron chi connectivity index (χ3n) is 4.15. The van der Waals surface area contributed by atoms with Crippen molar-refractivity contribution in [2.24, 2.45) is 0 Å². The standard InChI is InChI=1S/C20H15ClF3N3O2/c21-17-8-4-7-14(26-17)11-27-18(29)9-16(15(12-28)19(27)20(22,23)24)25-10-13-5-2-1-3-6-13/h1-9,12,25H,10-11H2. The van der Waals surface area contributed by atoms with Gasteiger partial charge in [0.05, 0.1) is 23.5 Å². The summed E-state index contributed by atoms with van der Waals surface area (Å²) in [7, 11) is 0. The van der Waals surface area contributed by atoms with Crippen LogP contribution < -0.4 is 10.9 Å². The van der Waals surface area contributed by atoms with Crippen LogP contribution in [0.3, 0.4) is 0 Å². The van der Waals surface area contributed by atoms with E-state index in [-0.39, 0.29) is 29.4 Å². The average Bonchev–Trinajstić information content (AvgIpc) is 2.67. The number of nitrogens with zero attached hydrogens (tertiary/aromatic N) is 2. The van der Waals surface area contributed by atoms with Gasteiger partial charge < -0.3 is 5.32 Å². The molecule has 3 aromatic rings. The topological polar surface area (TPSA) is 64.0 Å². The van der Waals surface area contributed by atoms with Crippen molar-refractivity contribution < 1.29 is 18.0 Å². The van der Waals surface area contributed by atoms with Crippen LogP contribution in [0, 0.1) is 0 Å². The molecule has 0 fully saturated rings. The molecule has 0 saturated carbocycles. The van der Waals surface area contributed by atoms with E-state index in [1.807, 2.05) is 0 Å². The van der Waals surface area contributed by atoms with Gasteiger partial charge in [0.15, 0.2) is 6.29 Å². The lowest BCUT2D eigenvalue weighted by atomic mass is 10.1. The predicted octanol–water partition coefficient (Wildman–Crippen LogP) is 4.39. The highest BCUT2D eigenvalue weighted by molar-refractivity contribution is 6.29. The molecule has 0 aliphatic carbocycles. The van der Waals surface area contributed by atoms with E-state index >= 15 is 0 Å². The maximum absolute atomic E-state index is 13.8. The number of nitrogens with one attached hydrogen (secondary N) is 1. The minimum absolute atomic E-state index is 0.0841. The molecule has 1 aromatic carbocycles. The molecular formula is C20H15ClF3N3O2. The van der Waals surface area contributed by atoms with Gasteiger partial charge in [0.1, 0.15) is 10.8 Å². The second-order valence-corrected chi connectivity index (χ2v) is 6.54. The highest BCUT2D eigenvalue weighted by atomic mass is 35.5. The molecule has 0 bridgehead atoms. The number of anilines is 1. The van der Waals surface area contributed by atoms with Crippen LogP contribution in [0.2, 0.25) is 5.15 Å². The SMILES string of the molecule is O=Cc1c(NCc2ccccc2)cc(=O)n(Cc2cccc(Cl)n2)c1C(F)(F)F. The third-order valence-corrected chi connectivity index (χ3v) is 4.36. The number of carbonyl (C=O) groups is 1. The molecule has 0 spiro atoms. The van der Waals surface area contributed by atoms with Gasteiger partial charge in [0.2, 0.25) is 0 Å². The molecule has 9 heteroatoms. The van der Waals surface area contributed by atoms with Crippen molar-refractivity contribution in [2.45, 2.75) is 19.3 Å². The number of aldehydes is 1. The molecular weight excluding hydrogens is 407 g/mol. The fraction of sp³-hybridized carbons (Fsp3) is 0.150. The first-order valence-electron chi connectivity index (χ1n) is 8.49. The Morgan fingerprint density at radius 3 is 2.45 bits per heavy atom. The Morgan fingerprint density at radius 1 is 1.10 bits per heavy atom. The van der Waals surface area contributed by atoms with Gasteiger partial charge in [0.25, 0.3) is 5.56 Å². The highest BCUT2D eigenvalue weighted by Crippen LogP contribution is 2.34. The van der Waals surface area contributed by atoms with Crippen LogP contribution in [-0.2, 0) is 19.3 Å². The first-order valence-corrected chi connectivity index (χ1v) is 8.87. The second-order valence-electron chi connectivity index (χ2n) is 6.15. The first-order chi connectivity index (χ1) is 13.8. The van der Waals surface area contributed by atoms with Crippen molar-refractivity contribution in [1.29, 1.82) is 0 Å². The maximum Gasteiger partial charge on any atom is 0.432 e. The Hall–Kier alpha value is -3.13. The Morgan fingerprint density at radius 2 is 1.83 bits per heavy atom. The number of aromatic nitrogens is 2. The number of carbonyl (C=O) groups excluding carboxylic acids is 1. The fourth-order valence-corrected chi connectivity index (χ4v) is 3.07.